The molecule has 0 saturated heterocycles. The standard InChI is InChI=1S/C22H32N4O2S/c1-7-9-12-25(8-2)19-13-16(5)23-22(21(19)26(27)28)24-18-11-10-17(15(3)4)14-20(18)29-6/h10-11,13-15H,7-9,12H2,1-6H3,(H,23,24). The molecule has 1 heterocycles. The number of nitro groups is 1. The Morgan fingerprint density at radius 3 is 2.55 bits per heavy atom. The summed E-state index contributed by atoms with van der Waals surface area (Å²) in [5, 5.41) is 15.3. The van der Waals surface area contributed by atoms with Gasteiger partial charge in [0.25, 0.3) is 0 Å². The van der Waals surface area contributed by atoms with E-state index in [1.807, 2.05) is 32.2 Å². The molecule has 0 aliphatic heterocycles. The second-order valence-electron chi connectivity index (χ2n) is 7.41. The molecule has 0 saturated carbocycles. The summed E-state index contributed by atoms with van der Waals surface area (Å²) in [4.78, 5) is 19.3. The maximum absolute atomic E-state index is 12.0. The molecule has 0 amide bonds. The molecule has 0 fully saturated rings. The Kier molecular flexibility index (Phi) is 8.32. The van der Waals surface area contributed by atoms with Crippen LogP contribution in [0.25, 0.3) is 0 Å². The van der Waals surface area contributed by atoms with Crippen molar-refractivity contribution < 1.29 is 4.92 Å². The molecule has 1 aromatic carbocycles. The fourth-order valence-electron chi connectivity index (χ4n) is 3.25. The lowest BCUT2D eigenvalue weighted by Gasteiger charge is -2.24. The molecule has 0 spiro atoms. The zero-order valence-electron chi connectivity index (χ0n) is 18.3. The van der Waals surface area contributed by atoms with Gasteiger partial charge in [-0.05, 0) is 56.2 Å². The number of pyridine rings is 1. The van der Waals surface area contributed by atoms with E-state index in [2.05, 4.69) is 48.1 Å². The van der Waals surface area contributed by atoms with Crippen LogP contribution in [-0.4, -0.2) is 29.3 Å². The SMILES string of the molecule is CCCCN(CC)c1cc(C)nc(Nc2ccc(C(C)C)cc2SC)c1[N+](=O)[O-]. The topological polar surface area (TPSA) is 71.3 Å². The van der Waals surface area contributed by atoms with Crippen molar-refractivity contribution in [3.05, 3.63) is 45.6 Å². The van der Waals surface area contributed by atoms with E-state index in [1.165, 1.54) is 5.56 Å². The van der Waals surface area contributed by atoms with Crippen molar-refractivity contribution in [3.8, 4) is 0 Å². The van der Waals surface area contributed by atoms with Crippen molar-refractivity contribution in [1.82, 2.24) is 4.98 Å². The fourth-order valence-corrected chi connectivity index (χ4v) is 3.85. The van der Waals surface area contributed by atoms with Crippen LogP contribution in [0, 0.1) is 17.0 Å². The van der Waals surface area contributed by atoms with Crippen molar-refractivity contribution in [1.29, 1.82) is 0 Å². The molecule has 158 valence electrons. The van der Waals surface area contributed by atoms with Crippen LogP contribution in [0.5, 0.6) is 0 Å². The Morgan fingerprint density at radius 2 is 2.00 bits per heavy atom. The molecule has 6 nitrogen and oxygen atoms in total. The van der Waals surface area contributed by atoms with E-state index in [4.69, 9.17) is 0 Å². The monoisotopic (exact) mass is 416 g/mol. The van der Waals surface area contributed by atoms with E-state index in [0.717, 1.165) is 35.7 Å². The number of hydrogen-bond donors (Lipinski definition) is 1. The van der Waals surface area contributed by atoms with Crippen molar-refractivity contribution in [2.24, 2.45) is 0 Å². The number of hydrogen-bond acceptors (Lipinski definition) is 6. The van der Waals surface area contributed by atoms with E-state index in [9.17, 15) is 10.1 Å². The molecule has 2 aromatic rings. The van der Waals surface area contributed by atoms with Gasteiger partial charge in [0.2, 0.25) is 5.82 Å². The zero-order valence-corrected chi connectivity index (χ0v) is 19.1. The lowest BCUT2D eigenvalue weighted by molar-refractivity contribution is -0.383. The minimum atomic E-state index is -0.319. The summed E-state index contributed by atoms with van der Waals surface area (Å²) >= 11 is 1.62. The van der Waals surface area contributed by atoms with Crippen molar-refractivity contribution in [3.63, 3.8) is 0 Å². The molecule has 7 heteroatoms. The average Bonchev–Trinajstić information content (AvgIpc) is 2.68. The number of nitrogens with zero attached hydrogens (tertiary/aromatic N) is 3. The largest absolute Gasteiger partial charge is 0.366 e. The third-order valence-electron chi connectivity index (χ3n) is 4.93. The number of aryl methyl sites for hydroxylation is 1. The summed E-state index contributed by atoms with van der Waals surface area (Å²) in [5.41, 5.74) is 3.50. The lowest BCUT2D eigenvalue weighted by Crippen LogP contribution is -2.25. The second-order valence-corrected chi connectivity index (χ2v) is 8.26. The van der Waals surface area contributed by atoms with E-state index >= 15 is 0 Å². The Morgan fingerprint density at radius 1 is 1.28 bits per heavy atom. The summed E-state index contributed by atoms with van der Waals surface area (Å²) in [6, 6.07) is 8.01. The van der Waals surface area contributed by atoms with Gasteiger partial charge in [-0.2, -0.15) is 0 Å². The first-order chi connectivity index (χ1) is 13.8. The number of aromatic nitrogens is 1. The van der Waals surface area contributed by atoms with Crippen molar-refractivity contribution >= 4 is 34.6 Å². The van der Waals surface area contributed by atoms with Crippen LogP contribution in [0.4, 0.5) is 22.9 Å². The zero-order chi connectivity index (χ0) is 21.6. The third-order valence-corrected chi connectivity index (χ3v) is 5.71. The first-order valence-electron chi connectivity index (χ1n) is 10.2. The Labute approximate surface area is 178 Å². The van der Waals surface area contributed by atoms with Gasteiger partial charge in [-0.25, -0.2) is 4.98 Å². The molecule has 0 bridgehead atoms. The van der Waals surface area contributed by atoms with Crippen molar-refractivity contribution in [2.45, 2.75) is 58.3 Å². The lowest BCUT2D eigenvalue weighted by atomic mass is 10.0. The molecule has 0 unspecified atom stereocenters. The maximum Gasteiger partial charge on any atom is 0.334 e. The Bertz CT molecular complexity index is 855. The van der Waals surface area contributed by atoms with E-state index < -0.39 is 0 Å². The van der Waals surface area contributed by atoms with Crippen LogP contribution >= 0.6 is 11.8 Å². The van der Waals surface area contributed by atoms with Gasteiger partial charge in [0.1, 0.15) is 5.69 Å². The Balaban J connectivity index is 2.54. The van der Waals surface area contributed by atoms with Gasteiger partial charge in [-0.15, -0.1) is 11.8 Å². The third kappa shape index (κ3) is 5.63. The normalized spacial score (nSPS) is 11.0. The van der Waals surface area contributed by atoms with Gasteiger partial charge in [0.05, 0.1) is 10.6 Å². The molecular weight excluding hydrogens is 384 g/mol. The number of rotatable bonds is 10. The van der Waals surface area contributed by atoms with Crippen LogP contribution in [0.15, 0.2) is 29.2 Å². The highest BCUT2D eigenvalue weighted by Gasteiger charge is 2.26. The first kappa shape index (κ1) is 23.0. The predicted octanol–water partition coefficient (Wildman–Crippen LogP) is 6.51. The quantitative estimate of drug-likeness (QED) is 0.270. The number of benzene rings is 1. The highest BCUT2D eigenvalue weighted by Crippen LogP contribution is 2.39. The van der Waals surface area contributed by atoms with Gasteiger partial charge >= 0.3 is 5.69 Å². The van der Waals surface area contributed by atoms with Crippen LogP contribution in [0.2, 0.25) is 0 Å². The molecule has 29 heavy (non-hydrogen) atoms. The molecule has 0 radical (unpaired) electrons. The number of anilines is 3. The van der Waals surface area contributed by atoms with Gasteiger partial charge < -0.3 is 10.2 Å². The molecule has 1 N–H and O–H groups in total. The van der Waals surface area contributed by atoms with Crippen molar-refractivity contribution in [2.75, 3.05) is 29.6 Å². The summed E-state index contributed by atoms with van der Waals surface area (Å²) in [6.07, 6.45) is 4.04. The van der Waals surface area contributed by atoms with Gasteiger partial charge in [0.15, 0.2) is 0 Å². The second kappa shape index (κ2) is 10.5. The van der Waals surface area contributed by atoms with Crippen LogP contribution in [0.1, 0.15) is 57.7 Å². The molecule has 1 aromatic heterocycles. The van der Waals surface area contributed by atoms with E-state index in [1.54, 1.807) is 11.8 Å². The molecule has 0 atom stereocenters. The predicted molar refractivity (Wildman–Crippen MR) is 124 cm³/mol. The minimum Gasteiger partial charge on any atom is -0.366 e. The molecular formula is C22H32N4O2S. The molecule has 0 aliphatic carbocycles. The average molecular weight is 417 g/mol. The Hall–Kier alpha value is -2.28. The smallest absolute Gasteiger partial charge is 0.334 e. The summed E-state index contributed by atoms with van der Waals surface area (Å²) in [7, 11) is 0. The van der Waals surface area contributed by atoms with Crippen LogP contribution < -0.4 is 10.2 Å². The number of nitrogens with one attached hydrogen (secondary N) is 1. The molecule has 2 rings (SSSR count). The van der Waals surface area contributed by atoms with Crippen LogP contribution in [-0.2, 0) is 0 Å². The fraction of sp³-hybridized carbons (Fsp3) is 0.500. The van der Waals surface area contributed by atoms with Gasteiger partial charge in [0, 0.05) is 23.7 Å². The highest BCUT2D eigenvalue weighted by molar-refractivity contribution is 7.98. The van der Waals surface area contributed by atoms with Crippen LogP contribution in [0.3, 0.4) is 0 Å². The van der Waals surface area contributed by atoms with E-state index in [-0.39, 0.29) is 10.6 Å². The van der Waals surface area contributed by atoms with Gasteiger partial charge in [-0.1, -0.05) is 33.3 Å². The number of unbranched alkanes of at least 4 members (excludes halogenated alkanes) is 1. The van der Waals surface area contributed by atoms with E-state index in [0.29, 0.717) is 24.0 Å². The number of thioether (sulfide) groups is 1. The molecule has 0 aliphatic rings. The summed E-state index contributed by atoms with van der Waals surface area (Å²) < 4.78 is 0. The maximum atomic E-state index is 12.0. The summed E-state index contributed by atoms with van der Waals surface area (Å²) in [5.74, 6) is 0.720. The highest BCUT2D eigenvalue weighted by atomic mass is 32.2. The minimum absolute atomic E-state index is 0.0357. The van der Waals surface area contributed by atoms with Gasteiger partial charge in [-0.3, -0.25) is 10.1 Å². The first-order valence-corrected chi connectivity index (χ1v) is 11.4. The summed E-state index contributed by atoms with van der Waals surface area (Å²) in [6.45, 7) is 11.8.